The van der Waals surface area contributed by atoms with E-state index in [2.05, 4.69) is 6.92 Å². The zero-order chi connectivity index (χ0) is 8.97. The number of carbonyl (C=O) groups excluding carboxylic acids is 1. The second-order valence-electron chi connectivity index (χ2n) is 3.21. The van der Waals surface area contributed by atoms with Gasteiger partial charge in [-0.15, -0.1) is 5.06 Å². The number of carbonyl (C=O) groups is 1. The van der Waals surface area contributed by atoms with Crippen molar-refractivity contribution in [1.29, 1.82) is 0 Å². The molecule has 0 aromatic heterocycles. The quantitative estimate of drug-likeness (QED) is 0.590. The normalized spacial score (nSPS) is 26.8. The van der Waals surface area contributed by atoms with Crippen molar-refractivity contribution >= 4 is 5.97 Å². The average molecular weight is 171 g/mol. The fourth-order valence-corrected chi connectivity index (χ4v) is 1.14. The Morgan fingerprint density at radius 2 is 2.33 bits per heavy atom. The van der Waals surface area contributed by atoms with Crippen molar-refractivity contribution in [2.24, 2.45) is 0 Å². The molecule has 1 aliphatic rings. The average Bonchev–Trinajstić information content (AvgIpc) is 2.80. The Kier molecular flexibility index (Phi) is 3.53. The molecule has 12 heavy (non-hydrogen) atoms. The first kappa shape index (κ1) is 9.52. The van der Waals surface area contributed by atoms with Crippen LogP contribution < -0.4 is 0 Å². The SMILES string of the molecule is CCCCC1CN1OC(=O)CC. The minimum absolute atomic E-state index is 0.117. The van der Waals surface area contributed by atoms with Crippen LogP contribution in [0.3, 0.4) is 0 Å². The maximum Gasteiger partial charge on any atom is 0.324 e. The van der Waals surface area contributed by atoms with E-state index in [-0.39, 0.29) is 5.97 Å². The first-order valence-corrected chi connectivity index (χ1v) is 4.75. The molecule has 1 saturated heterocycles. The van der Waals surface area contributed by atoms with Gasteiger partial charge in [0.25, 0.3) is 0 Å². The fourth-order valence-electron chi connectivity index (χ4n) is 1.14. The molecule has 2 atom stereocenters. The van der Waals surface area contributed by atoms with Gasteiger partial charge in [0.1, 0.15) is 0 Å². The van der Waals surface area contributed by atoms with Crippen LogP contribution in [-0.4, -0.2) is 23.6 Å². The maximum absolute atomic E-state index is 10.8. The van der Waals surface area contributed by atoms with Gasteiger partial charge in [0.2, 0.25) is 0 Å². The smallest absolute Gasteiger partial charge is 0.324 e. The summed E-state index contributed by atoms with van der Waals surface area (Å²) < 4.78 is 0. The minimum Gasteiger partial charge on any atom is -0.368 e. The molecule has 1 rings (SSSR count). The van der Waals surface area contributed by atoms with Crippen molar-refractivity contribution in [3.63, 3.8) is 0 Å². The summed E-state index contributed by atoms with van der Waals surface area (Å²) in [6.07, 6.45) is 4.07. The molecule has 0 radical (unpaired) electrons. The van der Waals surface area contributed by atoms with Gasteiger partial charge in [-0.05, 0) is 6.42 Å². The Morgan fingerprint density at radius 1 is 1.58 bits per heavy atom. The third-order valence-corrected chi connectivity index (χ3v) is 2.06. The zero-order valence-electron chi connectivity index (χ0n) is 7.88. The Morgan fingerprint density at radius 3 is 2.92 bits per heavy atom. The number of unbranched alkanes of at least 4 members (excludes halogenated alkanes) is 1. The summed E-state index contributed by atoms with van der Waals surface area (Å²) in [5, 5.41) is 1.78. The lowest BCUT2D eigenvalue weighted by molar-refractivity contribution is -0.167. The van der Waals surface area contributed by atoms with E-state index in [0.717, 1.165) is 13.0 Å². The third kappa shape index (κ3) is 2.81. The van der Waals surface area contributed by atoms with Crippen LogP contribution in [0.25, 0.3) is 0 Å². The first-order valence-electron chi connectivity index (χ1n) is 4.75. The van der Waals surface area contributed by atoms with E-state index in [9.17, 15) is 4.79 Å². The Balaban J connectivity index is 2.04. The lowest BCUT2D eigenvalue weighted by Gasteiger charge is -2.02. The molecule has 0 amide bonds. The van der Waals surface area contributed by atoms with Gasteiger partial charge in [0, 0.05) is 6.42 Å². The number of rotatable bonds is 5. The molecule has 1 aliphatic heterocycles. The Bertz CT molecular complexity index is 159. The van der Waals surface area contributed by atoms with E-state index >= 15 is 0 Å². The molecule has 0 bridgehead atoms. The van der Waals surface area contributed by atoms with Crippen LogP contribution in [0.1, 0.15) is 39.5 Å². The van der Waals surface area contributed by atoms with Crippen molar-refractivity contribution in [3.05, 3.63) is 0 Å². The van der Waals surface area contributed by atoms with Crippen molar-refractivity contribution in [3.8, 4) is 0 Å². The van der Waals surface area contributed by atoms with Crippen molar-refractivity contribution in [2.45, 2.75) is 45.6 Å². The lowest BCUT2D eigenvalue weighted by atomic mass is 10.2. The Labute approximate surface area is 73.6 Å². The predicted molar refractivity (Wildman–Crippen MR) is 46.4 cm³/mol. The molecule has 1 fully saturated rings. The molecule has 3 nitrogen and oxygen atoms in total. The molecule has 0 spiro atoms. The van der Waals surface area contributed by atoms with Crippen LogP contribution in [0.5, 0.6) is 0 Å². The molecular formula is C9H17NO2. The van der Waals surface area contributed by atoms with Gasteiger partial charge in [0.15, 0.2) is 0 Å². The number of nitrogens with zero attached hydrogens (tertiary/aromatic N) is 1. The van der Waals surface area contributed by atoms with E-state index in [1.54, 1.807) is 5.06 Å². The molecule has 2 unspecified atom stereocenters. The monoisotopic (exact) mass is 171 g/mol. The third-order valence-electron chi connectivity index (χ3n) is 2.06. The summed E-state index contributed by atoms with van der Waals surface area (Å²) in [4.78, 5) is 15.8. The lowest BCUT2D eigenvalue weighted by Crippen LogP contribution is -2.10. The predicted octanol–water partition coefficient (Wildman–Crippen LogP) is 1.73. The summed E-state index contributed by atoms with van der Waals surface area (Å²) in [6, 6.07) is 0.514. The van der Waals surface area contributed by atoms with Gasteiger partial charge in [-0.2, -0.15) is 0 Å². The first-order chi connectivity index (χ1) is 5.77. The molecule has 3 heteroatoms. The van der Waals surface area contributed by atoms with Crippen molar-refractivity contribution in [1.82, 2.24) is 5.06 Å². The largest absolute Gasteiger partial charge is 0.368 e. The maximum atomic E-state index is 10.8. The van der Waals surface area contributed by atoms with Gasteiger partial charge in [0.05, 0.1) is 12.6 Å². The van der Waals surface area contributed by atoms with E-state index in [1.807, 2.05) is 6.92 Å². The second kappa shape index (κ2) is 4.45. The van der Waals surface area contributed by atoms with Crippen molar-refractivity contribution < 1.29 is 9.63 Å². The van der Waals surface area contributed by atoms with E-state index in [0.29, 0.717) is 12.5 Å². The highest BCUT2D eigenvalue weighted by Crippen LogP contribution is 2.23. The number of hydroxylamine groups is 2. The van der Waals surface area contributed by atoms with Gasteiger partial charge >= 0.3 is 5.97 Å². The fraction of sp³-hybridized carbons (Fsp3) is 0.889. The summed E-state index contributed by atoms with van der Waals surface area (Å²) in [5.74, 6) is -0.117. The Hall–Kier alpha value is -0.570. The van der Waals surface area contributed by atoms with Crippen LogP contribution in [0.4, 0.5) is 0 Å². The molecular weight excluding hydrogens is 154 g/mol. The molecule has 0 saturated carbocycles. The van der Waals surface area contributed by atoms with Gasteiger partial charge < -0.3 is 4.84 Å². The highest BCUT2D eigenvalue weighted by atomic mass is 16.7. The van der Waals surface area contributed by atoms with Crippen LogP contribution in [-0.2, 0) is 9.63 Å². The summed E-state index contributed by atoms with van der Waals surface area (Å²) in [7, 11) is 0. The van der Waals surface area contributed by atoms with Gasteiger partial charge in [-0.1, -0.05) is 26.7 Å². The van der Waals surface area contributed by atoms with Crippen LogP contribution in [0.15, 0.2) is 0 Å². The highest BCUT2D eigenvalue weighted by Gasteiger charge is 2.36. The van der Waals surface area contributed by atoms with E-state index in [1.165, 1.54) is 12.8 Å². The van der Waals surface area contributed by atoms with E-state index < -0.39 is 0 Å². The molecule has 1 heterocycles. The molecule has 0 N–H and O–H groups in total. The topological polar surface area (TPSA) is 29.3 Å². The molecule has 0 aliphatic carbocycles. The van der Waals surface area contributed by atoms with E-state index in [4.69, 9.17) is 4.84 Å². The van der Waals surface area contributed by atoms with Crippen LogP contribution in [0.2, 0.25) is 0 Å². The van der Waals surface area contributed by atoms with Crippen LogP contribution in [0, 0.1) is 0 Å². The summed E-state index contributed by atoms with van der Waals surface area (Å²) in [5.41, 5.74) is 0. The molecule has 0 aromatic rings. The second-order valence-corrected chi connectivity index (χ2v) is 3.21. The number of hydrogen-bond donors (Lipinski definition) is 0. The molecule has 70 valence electrons. The summed E-state index contributed by atoms with van der Waals surface area (Å²) in [6.45, 7) is 4.92. The highest BCUT2D eigenvalue weighted by molar-refractivity contribution is 5.68. The van der Waals surface area contributed by atoms with Gasteiger partial charge in [-0.3, -0.25) is 4.79 Å². The number of hydrogen-bond acceptors (Lipinski definition) is 3. The van der Waals surface area contributed by atoms with Gasteiger partial charge in [-0.25, -0.2) is 0 Å². The zero-order valence-corrected chi connectivity index (χ0v) is 7.88. The standard InChI is InChI=1S/C9H17NO2/c1-3-5-6-8-7-10(8)12-9(11)4-2/h8H,3-7H2,1-2H3. The summed E-state index contributed by atoms with van der Waals surface area (Å²) >= 11 is 0. The van der Waals surface area contributed by atoms with Crippen molar-refractivity contribution in [2.75, 3.05) is 6.54 Å². The minimum atomic E-state index is -0.117. The molecule has 0 aromatic carbocycles. The van der Waals surface area contributed by atoms with Crippen LogP contribution >= 0.6 is 0 Å².